The standard InChI is InChI=1S/C18H26N2O2.ClH/c1-3-14-4-6-15(7-5-14)16(21)8-9-17(22)20-11-10-18(2,12-19)13-20;/h4-7H,3,8-13,19H2,1-2H3;1H. The van der Waals surface area contributed by atoms with E-state index < -0.39 is 0 Å². The highest BCUT2D eigenvalue weighted by Crippen LogP contribution is 2.29. The lowest BCUT2D eigenvalue weighted by Crippen LogP contribution is -2.34. The minimum absolute atomic E-state index is 0. The van der Waals surface area contributed by atoms with Gasteiger partial charge in [-0.3, -0.25) is 9.59 Å². The van der Waals surface area contributed by atoms with Crippen LogP contribution in [0.3, 0.4) is 0 Å². The fourth-order valence-electron chi connectivity index (χ4n) is 2.85. The number of Topliss-reactive ketones (excluding diaryl/α,β-unsaturated/α-hetero) is 1. The summed E-state index contributed by atoms with van der Waals surface area (Å²) in [6.45, 7) is 6.26. The van der Waals surface area contributed by atoms with Crippen molar-refractivity contribution in [3.05, 3.63) is 35.4 Å². The summed E-state index contributed by atoms with van der Waals surface area (Å²) in [5, 5.41) is 0. The fraction of sp³-hybridized carbons (Fsp3) is 0.556. The molecule has 128 valence electrons. The molecule has 0 radical (unpaired) electrons. The molecule has 1 aliphatic rings. The van der Waals surface area contributed by atoms with Gasteiger partial charge in [0.25, 0.3) is 0 Å². The van der Waals surface area contributed by atoms with Crippen LogP contribution in [0.4, 0.5) is 0 Å². The van der Waals surface area contributed by atoms with E-state index in [2.05, 4.69) is 13.8 Å². The van der Waals surface area contributed by atoms with Crippen LogP contribution in [0, 0.1) is 5.41 Å². The van der Waals surface area contributed by atoms with E-state index in [9.17, 15) is 9.59 Å². The molecule has 1 aliphatic heterocycles. The monoisotopic (exact) mass is 338 g/mol. The van der Waals surface area contributed by atoms with E-state index in [4.69, 9.17) is 5.73 Å². The molecule has 1 unspecified atom stereocenters. The highest BCUT2D eigenvalue weighted by molar-refractivity contribution is 5.98. The zero-order valence-electron chi connectivity index (χ0n) is 14.0. The fourth-order valence-corrected chi connectivity index (χ4v) is 2.85. The second kappa shape index (κ2) is 8.46. The predicted molar refractivity (Wildman–Crippen MR) is 95.0 cm³/mol. The van der Waals surface area contributed by atoms with E-state index in [0.29, 0.717) is 18.7 Å². The van der Waals surface area contributed by atoms with Crippen molar-refractivity contribution in [2.75, 3.05) is 19.6 Å². The molecule has 2 rings (SSSR count). The minimum Gasteiger partial charge on any atom is -0.342 e. The third-order valence-corrected chi connectivity index (χ3v) is 4.65. The van der Waals surface area contributed by atoms with E-state index in [1.54, 1.807) is 0 Å². The van der Waals surface area contributed by atoms with Crippen molar-refractivity contribution in [1.29, 1.82) is 0 Å². The molecule has 0 spiro atoms. The number of rotatable bonds is 6. The topological polar surface area (TPSA) is 63.4 Å². The molecule has 0 bridgehead atoms. The Morgan fingerprint density at radius 3 is 2.39 bits per heavy atom. The van der Waals surface area contributed by atoms with Gasteiger partial charge in [0.15, 0.2) is 5.78 Å². The Kier molecular flexibility index (Phi) is 7.23. The van der Waals surface area contributed by atoms with Crippen LogP contribution >= 0.6 is 12.4 Å². The van der Waals surface area contributed by atoms with Crippen molar-refractivity contribution in [3.8, 4) is 0 Å². The molecule has 23 heavy (non-hydrogen) atoms. The smallest absolute Gasteiger partial charge is 0.223 e. The lowest BCUT2D eigenvalue weighted by molar-refractivity contribution is -0.130. The number of likely N-dealkylation sites (tertiary alicyclic amines) is 1. The molecule has 1 fully saturated rings. The van der Waals surface area contributed by atoms with Gasteiger partial charge < -0.3 is 10.6 Å². The minimum atomic E-state index is 0. The van der Waals surface area contributed by atoms with Gasteiger partial charge >= 0.3 is 0 Å². The van der Waals surface area contributed by atoms with Crippen LogP contribution in [-0.2, 0) is 11.2 Å². The van der Waals surface area contributed by atoms with E-state index in [-0.39, 0.29) is 42.4 Å². The zero-order valence-corrected chi connectivity index (χ0v) is 14.8. The Hall–Kier alpha value is -1.39. The van der Waals surface area contributed by atoms with Crippen molar-refractivity contribution >= 4 is 24.1 Å². The van der Waals surface area contributed by atoms with Gasteiger partial charge in [-0.05, 0) is 30.4 Å². The first-order chi connectivity index (χ1) is 10.5. The van der Waals surface area contributed by atoms with Crippen molar-refractivity contribution in [1.82, 2.24) is 4.90 Å². The molecular formula is C18H27ClN2O2. The molecule has 0 aromatic heterocycles. The molecule has 1 aromatic carbocycles. The number of hydrogen-bond donors (Lipinski definition) is 1. The maximum absolute atomic E-state index is 12.2. The average molecular weight is 339 g/mol. The molecule has 4 nitrogen and oxygen atoms in total. The van der Waals surface area contributed by atoms with Gasteiger partial charge in [-0.15, -0.1) is 12.4 Å². The second-order valence-electron chi connectivity index (χ2n) is 6.55. The highest BCUT2D eigenvalue weighted by Gasteiger charge is 2.34. The molecule has 5 heteroatoms. The van der Waals surface area contributed by atoms with E-state index >= 15 is 0 Å². The van der Waals surface area contributed by atoms with Crippen molar-refractivity contribution in [2.24, 2.45) is 11.1 Å². The van der Waals surface area contributed by atoms with Gasteiger partial charge in [0.1, 0.15) is 0 Å². The van der Waals surface area contributed by atoms with Gasteiger partial charge in [0, 0.05) is 31.5 Å². The van der Waals surface area contributed by atoms with Crippen LogP contribution in [0.5, 0.6) is 0 Å². The average Bonchev–Trinajstić information content (AvgIpc) is 2.95. The number of carbonyl (C=O) groups is 2. The summed E-state index contributed by atoms with van der Waals surface area (Å²) in [5.41, 5.74) is 7.70. The quantitative estimate of drug-likeness (QED) is 0.811. The number of hydrogen-bond acceptors (Lipinski definition) is 3. The number of carbonyl (C=O) groups excluding carboxylic acids is 2. The predicted octanol–water partition coefficient (Wildman–Crippen LogP) is 2.83. The van der Waals surface area contributed by atoms with Crippen LogP contribution in [0.2, 0.25) is 0 Å². The summed E-state index contributed by atoms with van der Waals surface area (Å²) >= 11 is 0. The summed E-state index contributed by atoms with van der Waals surface area (Å²) in [5.74, 6) is 0.104. The molecule has 1 amide bonds. The summed E-state index contributed by atoms with van der Waals surface area (Å²) in [6.07, 6.45) is 2.47. The van der Waals surface area contributed by atoms with Crippen LogP contribution in [0.15, 0.2) is 24.3 Å². The van der Waals surface area contributed by atoms with Gasteiger partial charge in [-0.2, -0.15) is 0 Å². The first-order valence-electron chi connectivity index (χ1n) is 8.07. The molecule has 1 atom stereocenters. The van der Waals surface area contributed by atoms with E-state index in [1.807, 2.05) is 29.2 Å². The Labute approximate surface area is 144 Å². The Morgan fingerprint density at radius 1 is 1.22 bits per heavy atom. The van der Waals surface area contributed by atoms with Crippen molar-refractivity contribution in [3.63, 3.8) is 0 Å². The molecular weight excluding hydrogens is 312 g/mol. The largest absolute Gasteiger partial charge is 0.342 e. The van der Waals surface area contributed by atoms with Crippen molar-refractivity contribution in [2.45, 2.75) is 39.5 Å². The first-order valence-corrected chi connectivity index (χ1v) is 8.07. The van der Waals surface area contributed by atoms with Gasteiger partial charge in [-0.25, -0.2) is 0 Å². The molecule has 0 saturated carbocycles. The number of aryl methyl sites for hydroxylation is 1. The van der Waals surface area contributed by atoms with Crippen LogP contribution in [0.25, 0.3) is 0 Å². The number of halogens is 1. The third kappa shape index (κ3) is 5.05. The maximum atomic E-state index is 12.2. The summed E-state index contributed by atoms with van der Waals surface area (Å²) in [7, 11) is 0. The second-order valence-corrected chi connectivity index (χ2v) is 6.55. The van der Waals surface area contributed by atoms with Gasteiger partial charge in [0.05, 0.1) is 0 Å². The lowest BCUT2D eigenvalue weighted by Gasteiger charge is -2.22. The Balaban J connectivity index is 0.00000264. The number of benzene rings is 1. The normalized spacial score (nSPS) is 20.2. The van der Waals surface area contributed by atoms with Crippen LogP contribution in [-0.4, -0.2) is 36.2 Å². The third-order valence-electron chi connectivity index (χ3n) is 4.65. The lowest BCUT2D eigenvalue weighted by atomic mass is 9.90. The highest BCUT2D eigenvalue weighted by atomic mass is 35.5. The van der Waals surface area contributed by atoms with E-state index in [0.717, 1.165) is 19.4 Å². The SMILES string of the molecule is CCc1ccc(C(=O)CCC(=O)N2CCC(C)(CN)C2)cc1.Cl. The summed E-state index contributed by atoms with van der Waals surface area (Å²) in [4.78, 5) is 26.2. The summed E-state index contributed by atoms with van der Waals surface area (Å²) in [6, 6.07) is 7.66. The molecule has 0 aliphatic carbocycles. The number of nitrogens with zero attached hydrogens (tertiary/aromatic N) is 1. The number of ketones is 1. The van der Waals surface area contributed by atoms with Crippen LogP contribution in [0.1, 0.15) is 49.0 Å². The number of nitrogens with two attached hydrogens (primary N) is 1. The van der Waals surface area contributed by atoms with Crippen molar-refractivity contribution < 1.29 is 9.59 Å². The molecule has 1 heterocycles. The Morgan fingerprint density at radius 2 is 1.87 bits per heavy atom. The van der Waals surface area contributed by atoms with Gasteiger partial charge in [0.2, 0.25) is 5.91 Å². The summed E-state index contributed by atoms with van der Waals surface area (Å²) < 4.78 is 0. The maximum Gasteiger partial charge on any atom is 0.223 e. The first kappa shape index (κ1) is 19.7. The zero-order chi connectivity index (χ0) is 16.2. The molecule has 2 N–H and O–H groups in total. The molecule has 1 aromatic rings. The van der Waals surface area contributed by atoms with Crippen LogP contribution < -0.4 is 5.73 Å². The number of amides is 1. The molecule has 1 saturated heterocycles. The van der Waals surface area contributed by atoms with Gasteiger partial charge in [-0.1, -0.05) is 38.1 Å². The van der Waals surface area contributed by atoms with E-state index in [1.165, 1.54) is 5.56 Å². The Bertz CT molecular complexity index is 544.